The van der Waals surface area contributed by atoms with Crippen LogP contribution < -0.4 is 15.5 Å². The molecule has 1 saturated carbocycles. The third-order valence-corrected chi connectivity index (χ3v) is 7.07. The number of aryl methyl sites for hydroxylation is 1. The van der Waals surface area contributed by atoms with Crippen molar-refractivity contribution in [2.75, 3.05) is 52.0 Å². The van der Waals surface area contributed by atoms with Crippen molar-refractivity contribution in [2.24, 2.45) is 0 Å². The topological polar surface area (TPSA) is 106 Å². The van der Waals surface area contributed by atoms with E-state index in [1.54, 1.807) is 7.11 Å². The molecule has 0 unspecified atom stereocenters. The maximum Gasteiger partial charge on any atom is 0.251 e. The fourth-order valence-electron chi connectivity index (χ4n) is 4.55. The number of hydrogen-bond acceptors (Lipinski definition) is 7. The van der Waals surface area contributed by atoms with Crippen molar-refractivity contribution in [2.45, 2.75) is 77.7 Å². The number of anilines is 1. The van der Waals surface area contributed by atoms with E-state index in [9.17, 15) is 9.59 Å². The Balaban J connectivity index is 0.000000354. The smallest absolute Gasteiger partial charge is 0.251 e. The van der Waals surface area contributed by atoms with E-state index in [0.717, 1.165) is 44.1 Å². The molecule has 9 nitrogen and oxygen atoms in total. The molecular formula is C31H49N5O4. The first kappa shape index (κ1) is 33.2. The highest BCUT2D eigenvalue weighted by molar-refractivity contribution is 5.94. The molecule has 1 aliphatic carbocycles. The SMILES string of the molecule is C1CCCCC1.CCN(C)c1cc(CNC(=O)c2ccc(C3CCOCC3)cc2)nc(C)n1.COCCNC=O. The van der Waals surface area contributed by atoms with E-state index in [1.807, 2.05) is 32.2 Å². The Labute approximate surface area is 240 Å². The van der Waals surface area contributed by atoms with Gasteiger partial charge < -0.3 is 25.0 Å². The molecule has 4 rings (SSSR count). The monoisotopic (exact) mass is 555 g/mol. The van der Waals surface area contributed by atoms with Crippen LogP contribution in [0.2, 0.25) is 0 Å². The molecule has 0 radical (unpaired) electrons. The van der Waals surface area contributed by atoms with Crippen LogP contribution in [-0.4, -0.2) is 69.4 Å². The van der Waals surface area contributed by atoms with Crippen molar-refractivity contribution < 1.29 is 19.1 Å². The highest BCUT2D eigenvalue weighted by Gasteiger charge is 2.16. The first-order valence-electron chi connectivity index (χ1n) is 14.7. The minimum Gasteiger partial charge on any atom is -0.383 e. The van der Waals surface area contributed by atoms with Gasteiger partial charge in [0, 0.05) is 52.1 Å². The number of carbonyl (C=O) groups excluding carboxylic acids is 2. The second kappa shape index (κ2) is 19.9. The molecule has 222 valence electrons. The van der Waals surface area contributed by atoms with Crippen LogP contribution in [-0.2, 0) is 20.8 Å². The summed E-state index contributed by atoms with van der Waals surface area (Å²) in [6, 6.07) is 9.86. The summed E-state index contributed by atoms with van der Waals surface area (Å²) in [5, 5.41) is 5.40. The zero-order chi connectivity index (χ0) is 29.0. The van der Waals surface area contributed by atoms with Crippen molar-refractivity contribution in [3.05, 3.63) is 53.0 Å². The molecule has 2 aliphatic rings. The van der Waals surface area contributed by atoms with Crippen LogP contribution in [0, 0.1) is 6.92 Å². The maximum atomic E-state index is 12.5. The number of carbonyl (C=O) groups is 2. The van der Waals surface area contributed by atoms with Gasteiger partial charge in [-0.1, -0.05) is 50.7 Å². The highest BCUT2D eigenvalue weighted by atomic mass is 16.5. The molecule has 9 heteroatoms. The zero-order valence-corrected chi connectivity index (χ0v) is 24.9. The van der Waals surface area contributed by atoms with Crippen LogP contribution in [0.1, 0.15) is 91.6 Å². The first-order chi connectivity index (χ1) is 19.5. The van der Waals surface area contributed by atoms with Gasteiger partial charge in [-0.25, -0.2) is 9.97 Å². The van der Waals surface area contributed by atoms with Crippen LogP contribution in [0.15, 0.2) is 30.3 Å². The van der Waals surface area contributed by atoms with E-state index in [-0.39, 0.29) is 5.91 Å². The molecule has 0 bridgehead atoms. The van der Waals surface area contributed by atoms with Crippen molar-refractivity contribution in [3.8, 4) is 0 Å². The summed E-state index contributed by atoms with van der Waals surface area (Å²) in [5.74, 6) is 2.02. The fourth-order valence-corrected chi connectivity index (χ4v) is 4.55. The van der Waals surface area contributed by atoms with Gasteiger partial charge in [0.25, 0.3) is 5.91 Å². The maximum absolute atomic E-state index is 12.5. The molecule has 2 aromatic rings. The summed E-state index contributed by atoms with van der Waals surface area (Å²) in [7, 11) is 3.58. The van der Waals surface area contributed by atoms with Gasteiger partial charge in [0.15, 0.2) is 0 Å². The number of methoxy groups -OCH3 is 1. The largest absolute Gasteiger partial charge is 0.383 e. The van der Waals surface area contributed by atoms with E-state index < -0.39 is 0 Å². The van der Waals surface area contributed by atoms with E-state index >= 15 is 0 Å². The fraction of sp³-hybridized carbons (Fsp3) is 0.613. The average Bonchev–Trinajstić information content (AvgIpc) is 3.01. The van der Waals surface area contributed by atoms with Crippen molar-refractivity contribution >= 4 is 18.1 Å². The van der Waals surface area contributed by atoms with E-state index in [4.69, 9.17) is 4.74 Å². The molecule has 1 aromatic heterocycles. The Morgan fingerprint density at radius 3 is 2.25 bits per heavy atom. The number of ether oxygens (including phenoxy) is 2. The average molecular weight is 556 g/mol. The molecule has 1 aromatic carbocycles. The van der Waals surface area contributed by atoms with Gasteiger partial charge in [0.1, 0.15) is 11.6 Å². The Kier molecular flexibility index (Phi) is 16.5. The van der Waals surface area contributed by atoms with Crippen LogP contribution in [0.4, 0.5) is 5.82 Å². The molecule has 0 spiro atoms. The lowest BCUT2D eigenvalue weighted by Crippen LogP contribution is -2.24. The third-order valence-electron chi connectivity index (χ3n) is 7.07. The summed E-state index contributed by atoms with van der Waals surface area (Å²) < 4.78 is 10.0. The normalized spacial score (nSPS) is 15.0. The predicted octanol–water partition coefficient (Wildman–Crippen LogP) is 4.78. The molecule has 2 fully saturated rings. The zero-order valence-electron chi connectivity index (χ0n) is 24.9. The van der Waals surface area contributed by atoms with Gasteiger partial charge in [-0.2, -0.15) is 0 Å². The lowest BCUT2D eigenvalue weighted by molar-refractivity contribution is -0.109. The summed E-state index contributed by atoms with van der Waals surface area (Å²) in [6.45, 7) is 8.01. The Hall–Kier alpha value is -3.04. The van der Waals surface area contributed by atoms with Gasteiger partial charge in [0.05, 0.1) is 18.8 Å². The minimum absolute atomic E-state index is 0.0878. The quantitative estimate of drug-likeness (QED) is 0.321. The second-order valence-electron chi connectivity index (χ2n) is 10.2. The number of nitrogens with zero attached hydrogens (tertiary/aromatic N) is 3. The van der Waals surface area contributed by atoms with Crippen molar-refractivity contribution in [1.82, 2.24) is 20.6 Å². The van der Waals surface area contributed by atoms with Crippen LogP contribution in [0.5, 0.6) is 0 Å². The van der Waals surface area contributed by atoms with Crippen LogP contribution >= 0.6 is 0 Å². The second-order valence-corrected chi connectivity index (χ2v) is 10.2. The molecule has 40 heavy (non-hydrogen) atoms. The molecule has 0 atom stereocenters. The number of aromatic nitrogens is 2. The van der Waals surface area contributed by atoms with Crippen molar-refractivity contribution in [3.63, 3.8) is 0 Å². The number of rotatable bonds is 10. The van der Waals surface area contributed by atoms with Crippen LogP contribution in [0.3, 0.4) is 0 Å². The van der Waals surface area contributed by atoms with Gasteiger partial charge in [-0.05, 0) is 50.3 Å². The summed E-state index contributed by atoms with van der Waals surface area (Å²) in [6.07, 6.45) is 11.7. The molecule has 1 saturated heterocycles. The number of benzene rings is 1. The van der Waals surface area contributed by atoms with Gasteiger partial charge >= 0.3 is 0 Å². The molecule has 1 aliphatic heterocycles. The summed E-state index contributed by atoms with van der Waals surface area (Å²) >= 11 is 0. The molecule has 2 amide bonds. The van der Waals surface area contributed by atoms with Crippen molar-refractivity contribution in [1.29, 1.82) is 0 Å². The summed E-state index contributed by atoms with van der Waals surface area (Å²) in [4.78, 5) is 32.9. The van der Waals surface area contributed by atoms with E-state index in [0.29, 0.717) is 43.4 Å². The highest BCUT2D eigenvalue weighted by Crippen LogP contribution is 2.26. The number of amides is 2. The van der Waals surface area contributed by atoms with Gasteiger partial charge in [0.2, 0.25) is 6.41 Å². The molecule has 2 N–H and O–H groups in total. The third kappa shape index (κ3) is 12.9. The minimum atomic E-state index is -0.0878. The summed E-state index contributed by atoms with van der Waals surface area (Å²) in [5.41, 5.74) is 2.76. The standard InChI is InChI=1S/C21H28N4O2.C6H12.C4H9NO2/c1-4-25(3)20-13-19(23-15(2)24-20)14-22-21(26)18-7-5-16(6-8-18)17-9-11-27-12-10-17;1-2-4-6-5-3-1;1-7-3-2-5-4-6/h5-8,13,17H,4,9-12,14H2,1-3H3,(H,22,26);1-6H2;4H,2-3H2,1H3,(H,5,6). The lowest BCUT2D eigenvalue weighted by atomic mass is 9.91. The van der Waals surface area contributed by atoms with E-state index in [2.05, 4.69) is 49.3 Å². The molecule has 2 heterocycles. The number of nitrogens with one attached hydrogen (secondary N) is 2. The van der Waals surface area contributed by atoms with E-state index in [1.165, 1.54) is 44.1 Å². The van der Waals surface area contributed by atoms with Gasteiger partial charge in [-0.3, -0.25) is 9.59 Å². The number of hydrogen-bond donors (Lipinski definition) is 2. The van der Waals surface area contributed by atoms with Crippen LogP contribution in [0.25, 0.3) is 0 Å². The Bertz CT molecular complexity index is 965. The Morgan fingerprint density at radius 2 is 1.70 bits per heavy atom. The predicted molar refractivity (Wildman–Crippen MR) is 160 cm³/mol. The van der Waals surface area contributed by atoms with Gasteiger partial charge in [-0.15, -0.1) is 0 Å². The lowest BCUT2D eigenvalue weighted by Gasteiger charge is -2.22. The molecular weight excluding hydrogens is 506 g/mol. The first-order valence-corrected chi connectivity index (χ1v) is 14.7. The Morgan fingerprint density at radius 1 is 1.07 bits per heavy atom.